The number of benzene rings is 1. The summed E-state index contributed by atoms with van der Waals surface area (Å²) in [5, 5.41) is 2.71. The van der Waals surface area contributed by atoms with E-state index in [0.29, 0.717) is 42.3 Å². The summed E-state index contributed by atoms with van der Waals surface area (Å²) in [6.07, 6.45) is 0. The summed E-state index contributed by atoms with van der Waals surface area (Å²) in [4.78, 5) is 42.9. The van der Waals surface area contributed by atoms with Crippen LogP contribution in [-0.4, -0.2) is 58.7 Å². The minimum atomic E-state index is -0.639. The predicted octanol–water partition coefficient (Wildman–Crippen LogP) is 0.765. The normalized spacial score (nSPS) is 15.2. The van der Waals surface area contributed by atoms with Crippen molar-refractivity contribution in [3.05, 3.63) is 24.1 Å². The van der Waals surface area contributed by atoms with E-state index in [4.69, 9.17) is 4.42 Å². The molecule has 0 saturated carbocycles. The summed E-state index contributed by atoms with van der Waals surface area (Å²) < 4.78 is 5.42. The van der Waals surface area contributed by atoms with Crippen LogP contribution in [0.5, 0.6) is 0 Å². The van der Waals surface area contributed by atoms with Crippen LogP contribution in [0.25, 0.3) is 11.1 Å². The molecule has 0 aliphatic carbocycles. The number of piperazine rings is 1. The monoisotopic (exact) mass is 330 g/mol. The summed E-state index contributed by atoms with van der Waals surface area (Å²) in [6, 6.07) is 5.13. The van der Waals surface area contributed by atoms with Crippen LogP contribution >= 0.6 is 0 Å². The van der Waals surface area contributed by atoms with E-state index in [1.54, 1.807) is 25.1 Å². The van der Waals surface area contributed by atoms with Gasteiger partial charge in [0.15, 0.2) is 11.5 Å². The van der Waals surface area contributed by atoms with Crippen molar-refractivity contribution < 1.29 is 18.8 Å². The number of oxazole rings is 1. The topological polar surface area (TPSA) is 95.8 Å². The molecule has 3 amide bonds. The van der Waals surface area contributed by atoms with Gasteiger partial charge in [0.2, 0.25) is 5.91 Å². The van der Waals surface area contributed by atoms with Gasteiger partial charge in [0.05, 0.1) is 0 Å². The van der Waals surface area contributed by atoms with Crippen molar-refractivity contribution in [1.82, 2.24) is 14.8 Å². The Morgan fingerprint density at radius 2 is 1.96 bits per heavy atom. The Kier molecular flexibility index (Phi) is 4.20. The number of hydrogen-bond donors (Lipinski definition) is 1. The minimum absolute atomic E-state index is 0.157. The van der Waals surface area contributed by atoms with Crippen LogP contribution in [0.3, 0.4) is 0 Å². The Morgan fingerprint density at radius 1 is 1.25 bits per heavy atom. The Balaban J connectivity index is 1.64. The lowest BCUT2D eigenvalue weighted by Gasteiger charge is -2.32. The molecule has 2 aromatic rings. The van der Waals surface area contributed by atoms with Gasteiger partial charge in [-0.1, -0.05) is 0 Å². The highest BCUT2D eigenvalue weighted by atomic mass is 16.3. The first kappa shape index (κ1) is 16.0. The van der Waals surface area contributed by atoms with Crippen LogP contribution in [0.4, 0.5) is 5.69 Å². The average Bonchev–Trinajstić information content (AvgIpc) is 2.91. The van der Waals surface area contributed by atoms with Crippen molar-refractivity contribution in [3.63, 3.8) is 0 Å². The second kappa shape index (κ2) is 6.31. The highest BCUT2D eigenvalue weighted by Crippen LogP contribution is 2.19. The number of carbonyl (C=O) groups excluding carboxylic acids is 3. The standard InChI is InChI=1S/C16H18N4O4/c1-3-19-6-7-20(16(23)15(19)22)9-14(21)18-11-4-5-12-13(8-11)24-10(2)17-12/h4-5,8H,3,6-7,9H2,1-2H3,(H,18,21). The van der Waals surface area contributed by atoms with Crippen LogP contribution in [-0.2, 0) is 14.4 Å². The highest BCUT2D eigenvalue weighted by Gasteiger charge is 2.32. The number of nitrogens with zero attached hydrogens (tertiary/aromatic N) is 3. The number of carbonyl (C=O) groups is 3. The molecule has 126 valence electrons. The third kappa shape index (κ3) is 3.08. The summed E-state index contributed by atoms with van der Waals surface area (Å²) in [7, 11) is 0. The minimum Gasteiger partial charge on any atom is -0.441 e. The lowest BCUT2D eigenvalue weighted by molar-refractivity contribution is -0.156. The molecule has 0 spiro atoms. The first-order valence-electron chi connectivity index (χ1n) is 7.73. The predicted molar refractivity (Wildman–Crippen MR) is 86.2 cm³/mol. The molecule has 2 heterocycles. The maximum absolute atomic E-state index is 12.1. The molecule has 24 heavy (non-hydrogen) atoms. The fraction of sp³-hybridized carbons (Fsp3) is 0.375. The van der Waals surface area contributed by atoms with Crippen molar-refractivity contribution in [2.75, 3.05) is 31.5 Å². The van der Waals surface area contributed by atoms with Gasteiger partial charge in [-0.25, -0.2) is 4.98 Å². The number of aryl methyl sites for hydroxylation is 1. The molecule has 1 aromatic carbocycles. The van der Waals surface area contributed by atoms with Crippen molar-refractivity contribution in [1.29, 1.82) is 0 Å². The van der Waals surface area contributed by atoms with Gasteiger partial charge in [-0.3, -0.25) is 14.4 Å². The first-order valence-corrected chi connectivity index (χ1v) is 7.73. The summed E-state index contributed by atoms with van der Waals surface area (Å²) in [5.74, 6) is -1.02. The zero-order valence-electron chi connectivity index (χ0n) is 13.5. The summed E-state index contributed by atoms with van der Waals surface area (Å²) >= 11 is 0. The van der Waals surface area contributed by atoms with E-state index in [1.165, 1.54) is 9.80 Å². The Morgan fingerprint density at radius 3 is 2.71 bits per heavy atom. The lowest BCUT2D eigenvalue weighted by Crippen LogP contribution is -2.55. The fourth-order valence-corrected chi connectivity index (χ4v) is 2.66. The third-order valence-electron chi connectivity index (χ3n) is 3.89. The van der Waals surface area contributed by atoms with Crippen LogP contribution in [0, 0.1) is 6.92 Å². The number of likely N-dealkylation sites (N-methyl/N-ethyl adjacent to an activating group) is 1. The molecule has 8 nitrogen and oxygen atoms in total. The second-order valence-corrected chi connectivity index (χ2v) is 5.58. The van der Waals surface area contributed by atoms with E-state index < -0.39 is 11.8 Å². The summed E-state index contributed by atoms with van der Waals surface area (Å²) in [6.45, 7) is 4.69. The molecule has 1 saturated heterocycles. The number of amides is 3. The molecular weight excluding hydrogens is 312 g/mol. The van der Waals surface area contributed by atoms with E-state index in [9.17, 15) is 14.4 Å². The second-order valence-electron chi connectivity index (χ2n) is 5.58. The smallest absolute Gasteiger partial charge is 0.312 e. The molecule has 0 radical (unpaired) electrons. The highest BCUT2D eigenvalue weighted by molar-refractivity contribution is 6.35. The van der Waals surface area contributed by atoms with Gasteiger partial charge in [0, 0.05) is 38.3 Å². The van der Waals surface area contributed by atoms with Crippen molar-refractivity contribution in [3.8, 4) is 0 Å². The van der Waals surface area contributed by atoms with Crippen LogP contribution in [0.2, 0.25) is 0 Å². The third-order valence-corrected chi connectivity index (χ3v) is 3.89. The zero-order valence-corrected chi connectivity index (χ0v) is 13.5. The van der Waals surface area contributed by atoms with Gasteiger partial charge in [-0.15, -0.1) is 0 Å². The largest absolute Gasteiger partial charge is 0.441 e. The maximum atomic E-state index is 12.1. The first-order chi connectivity index (χ1) is 11.5. The number of hydrogen-bond acceptors (Lipinski definition) is 5. The molecule has 3 rings (SSSR count). The summed E-state index contributed by atoms with van der Waals surface area (Å²) in [5.41, 5.74) is 1.84. The average molecular weight is 330 g/mol. The molecule has 0 unspecified atom stereocenters. The van der Waals surface area contributed by atoms with Gasteiger partial charge in [0.25, 0.3) is 0 Å². The molecule has 0 atom stereocenters. The number of aromatic nitrogens is 1. The van der Waals surface area contributed by atoms with Gasteiger partial charge in [-0.2, -0.15) is 0 Å². The van der Waals surface area contributed by atoms with Crippen LogP contribution < -0.4 is 5.32 Å². The van der Waals surface area contributed by atoms with E-state index in [-0.39, 0.29) is 12.5 Å². The van der Waals surface area contributed by atoms with E-state index in [0.717, 1.165) is 0 Å². The Labute approximate surface area is 138 Å². The van der Waals surface area contributed by atoms with E-state index in [1.807, 2.05) is 6.92 Å². The zero-order chi connectivity index (χ0) is 17.3. The van der Waals surface area contributed by atoms with Gasteiger partial charge in [0.1, 0.15) is 12.1 Å². The van der Waals surface area contributed by atoms with Gasteiger partial charge in [-0.05, 0) is 19.1 Å². The quantitative estimate of drug-likeness (QED) is 0.835. The molecular formula is C16H18N4O4. The fourth-order valence-electron chi connectivity index (χ4n) is 2.66. The van der Waals surface area contributed by atoms with E-state index >= 15 is 0 Å². The molecule has 0 bridgehead atoms. The van der Waals surface area contributed by atoms with Crippen LogP contribution in [0.15, 0.2) is 22.6 Å². The molecule has 1 aromatic heterocycles. The Bertz CT molecular complexity index is 814. The van der Waals surface area contributed by atoms with Crippen LogP contribution in [0.1, 0.15) is 12.8 Å². The Hall–Kier alpha value is -2.90. The number of fused-ring (bicyclic) bond motifs is 1. The lowest BCUT2D eigenvalue weighted by atomic mass is 10.2. The maximum Gasteiger partial charge on any atom is 0.312 e. The number of anilines is 1. The van der Waals surface area contributed by atoms with Gasteiger partial charge >= 0.3 is 11.8 Å². The van der Waals surface area contributed by atoms with Crippen molar-refractivity contribution in [2.45, 2.75) is 13.8 Å². The number of rotatable bonds is 4. The van der Waals surface area contributed by atoms with E-state index in [2.05, 4.69) is 10.3 Å². The molecule has 1 N–H and O–H groups in total. The van der Waals surface area contributed by atoms with Crippen molar-refractivity contribution >= 4 is 34.5 Å². The molecule has 1 fully saturated rings. The molecule has 8 heteroatoms. The van der Waals surface area contributed by atoms with Gasteiger partial charge < -0.3 is 19.5 Å². The number of nitrogens with one attached hydrogen (secondary N) is 1. The molecule has 1 aliphatic heterocycles. The molecule has 1 aliphatic rings. The SMILES string of the molecule is CCN1CCN(CC(=O)Nc2ccc3nc(C)oc3c2)C(=O)C1=O. The van der Waals surface area contributed by atoms with Crippen molar-refractivity contribution in [2.24, 2.45) is 0 Å².